The summed E-state index contributed by atoms with van der Waals surface area (Å²) in [6, 6.07) is 12.5. The second kappa shape index (κ2) is 7.43. The molecule has 0 aliphatic heterocycles. The number of halogens is 2. The van der Waals surface area contributed by atoms with Crippen molar-refractivity contribution in [2.75, 3.05) is 0 Å². The molecule has 1 N–H and O–H groups in total. The minimum Gasteiger partial charge on any atom is -0.489 e. The molecule has 1 unspecified atom stereocenters. The molecule has 0 aliphatic carbocycles. The summed E-state index contributed by atoms with van der Waals surface area (Å²) in [5, 5.41) is 9.36. The van der Waals surface area contributed by atoms with E-state index >= 15 is 0 Å². The van der Waals surface area contributed by atoms with Gasteiger partial charge in [0, 0.05) is 5.56 Å². The fourth-order valence-corrected chi connectivity index (χ4v) is 2.14. The van der Waals surface area contributed by atoms with E-state index in [0.29, 0.717) is 11.3 Å². The van der Waals surface area contributed by atoms with Crippen molar-refractivity contribution in [3.05, 3.63) is 64.4 Å². The quantitative estimate of drug-likeness (QED) is 0.858. The van der Waals surface area contributed by atoms with Gasteiger partial charge in [-0.25, -0.2) is 4.39 Å². The molecular weight excluding hydrogens is 291 g/mol. The van der Waals surface area contributed by atoms with Gasteiger partial charge in [0.1, 0.15) is 18.2 Å². The summed E-state index contributed by atoms with van der Waals surface area (Å²) in [5.41, 5.74) is 1.57. The first-order valence-electron chi connectivity index (χ1n) is 6.89. The Bertz CT molecular complexity index is 582. The van der Waals surface area contributed by atoms with Gasteiger partial charge in [0.2, 0.25) is 0 Å². The van der Waals surface area contributed by atoms with Crippen molar-refractivity contribution in [2.45, 2.75) is 32.5 Å². The standard InChI is InChI=1S/C17H18ClFO2/c1-12(20)5-6-13-7-9-15(10-8-13)21-11-14-3-2-4-16(18)17(14)19/h2-4,7-10,12,20H,5-6,11H2,1H3. The van der Waals surface area contributed by atoms with E-state index in [1.807, 2.05) is 24.3 Å². The van der Waals surface area contributed by atoms with Crippen molar-refractivity contribution >= 4 is 11.6 Å². The van der Waals surface area contributed by atoms with Crippen LogP contribution in [0.4, 0.5) is 4.39 Å². The van der Waals surface area contributed by atoms with Crippen molar-refractivity contribution in [1.29, 1.82) is 0 Å². The molecule has 0 saturated carbocycles. The predicted molar refractivity (Wildman–Crippen MR) is 82.2 cm³/mol. The number of aliphatic hydroxyl groups excluding tert-OH is 1. The normalized spacial score (nSPS) is 12.2. The van der Waals surface area contributed by atoms with Crippen LogP contribution in [-0.4, -0.2) is 11.2 Å². The molecule has 0 amide bonds. The van der Waals surface area contributed by atoms with E-state index in [1.54, 1.807) is 19.1 Å². The molecule has 0 fully saturated rings. The van der Waals surface area contributed by atoms with Gasteiger partial charge < -0.3 is 9.84 Å². The van der Waals surface area contributed by atoms with Crippen molar-refractivity contribution < 1.29 is 14.2 Å². The van der Waals surface area contributed by atoms with Gasteiger partial charge in [0.15, 0.2) is 0 Å². The van der Waals surface area contributed by atoms with Gasteiger partial charge >= 0.3 is 0 Å². The number of rotatable bonds is 6. The predicted octanol–water partition coefficient (Wildman–Crippen LogP) is 4.37. The van der Waals surface area contributed by atoms with Gasteiger partial charge in [-0.2, -0.15) is 0 Å². The molecule has 1 atom stereocenters. The minimum absolute atomic E-state index is 0.101. The monoisotopic (exact) mass is 308 g/mol. The Labute approximate surface area is 129 Å². The van der Waals surface area contributed by atoms with Crippen LogP contribution in [0.3, 0.4) is 0 Å². The summed E-state index contributed by atoms with van der Waals surface area (Å²) in [5.74, 6) is 0.239. The van der Waals surface area contributed by atoms with E-state index in [2.05, 4.69) is 0 Å². The highest BCUT2D eigenvalue weighted by Gasteiger charge is 2.07. The number of benzene rings is 2. The molecule has 0 saturated heterocycles. The van der Waals surface area contributed by atoms with Crippen molar-refractivity contribution in [1.82, 2.24) is 0 Å². The molecule has 0 aromatic heterocycles. The molecule has 0 spiro atoms. The van der Waals surface area contributed by atoms with Crippen LogP contribution in [0.2, 0.25) is 5.02 Å². The Balaban J connectivity index is 1.93. The molecule has 4 heteroatoms. The molecule has 112 valence electrons. The number of hydrogen-bond donors (Lipinski definition) is 1. The van der Waals surface area contributed by atoms with E-state index in [4.69, 9.17) is 16.3 Å². The Hall–Kier alpha value is -1.58. The lowest BCUT2D eigenvalue weighted by molar-refractivity contribution is 0.185. The smallest absolute Gasteiger partial charge is 0.148 e. The van der Waals surface area contributed by atoms with Crippen LogP contribution in [0, 0.1) is 5.82 Å². The zero-order chi connectivity index (χ0) is 15.2. The first-order chi connectivity index (χ1) is 10.1. The number of ether oxygens (including phenoxy) is 1. The molecule has 2 aromatic carbocycles. The van der Waals surface area contributed by atoms with Gasteiger partial charge in [0.25, 0.3) is 0 Å². The highest BCUT2D eigenvalue weighted by molar-refractivity contribution is 6.30. The molecule has 0 bridgehead atoms. The van der Waals surface area contributed by atoms with Gasteiger partial charge in [-0.1, -0.05) is 35.9 Å². The topological polar surface area (TPSA) is 29.5 Å². The van der Waals surface area contributed by atoms with Gasteiger partial charge in [-0.15, -0.1) is 0 Å². The average Bonchev–Trinajstić information content (AvgIpc) is 2.48. The van der Waals surface area contributed by atoms with Crippen LogP contribution in [0.1, 0.15) is 24.5 Å². The average molecular weight is 309 g/mol. The van der Waals surface area contributed by atoms with Crippen molar-refractivity contribution in [3.8, 4) is 5.75 Å². The Morgan fingerprint density at radius 1 is 1.19 bits per heavy atom. The molecule has 2 rings (SSSR count). The van der Waals surface area contributed by atoms with Crippen LogP contribution in [0.15, 0.2) is 42.5 Å². The van der Waals surface area contributed by atoms with Gasteiger partial charge in [0.05, 0.1) is 11.1 Å². The number of hydrogen-bond acceptors (Lipinski definition) is 2. The maximum Gasteiger partial charge on any atom is 0.148 e. The Morgan fingerprint density at radius 2 is 1.90 bits per heavy atom. The zero-order valence-corrected chi connectivity index (χ0v) is 12.6. The van der Waals surface area contributed by atoms with Crippen LogP contribution in [0.25, 0.3) is 0 Å². The fraction of sp³-hybridized carbons (Fsp3) is 0.294. The van der Waals surface area contributed by atoms with Gasteiger partial charge in [-0.3, -0.25) is 0 Å². The minimum atomic E-state index is -0.437. The van der Waals surface area contributed by atoms with Gasteiger partial charge in [-0.05, 0) is 43.5 Å². The molecule has 2 nitrogen and oxygen atoms in total. The van der Waals surface area contributed by atoms with E-state index in [-0.39, 0.29) is 17.7 Å². The summed E-state index contributed by atoms with van der Waals surface area (Å²) in [6.45, 7) is 1.91. The summed E-state index contributed by atoms with van der Waals surface area (Å²) >= 11 is 5.73. The largest absolute Gasteiger partial charge is 0.489 e. The lowest BCUT2D eigenvalue weighted by Crippen LogP contribution is -2.01. The Morgan fingerprint density at radius 3 is 2.57 bits per heavy atom. The van der Waals surface area contributed by atoms with Crippen LogP contribution in [-0.2, 0) is 13.0 Å². The third-order valence-electron chi connectivity index (χ3n) is 3.20. The molecule has 21 heavy (non-hydrogen) atoms. The molecular formula is C17H18ClFO2. The summed E-state index contributed by atoms with van der Waals surface area (Å²) < 4.78 is 19.3. The highest BCUT2D eigenvalue weighted by Crippen LogP contribution is 2.20. The third kappa shape index (κ3) is 4.73. The summed E-state index contributed by atoms with van der Waals surface area (Å²) in [4.78, 5) is 0. The van der Waals surface area contributed by atoms with Crippen molar-refractivity contribution in [2.24, 2.45) is 0 Å². The number of aryl methyl sites for hydroxylation is 1. The molecule has 0 heterocycles. The lowest BCUT2D eigenvalue weighted by atomic mass is 10.1. The highest BCUT2D eigenvalue weighted by atomic mass is 35.5. The fourth-order valence-electron chi connectivity index (χ4n) is 1.95. The zero-order valence-electron chi connectivity index (χ0n) is 11.9. The Kier molecular flexibility index (Phi) is 5.59. The SMILES string of the molecule is CC(O)CCc1ccc(OCc2cccc(Cl)c2F)cc1. The van der Waals surface area contributed by atoms with E-state index in [0.717, 1.165) is 18.4 Å². The van der Waals surface area contributed by atoms with E-state index in [9.17, 15) is 9.50 Å². The second-order valence-corrected chi connectivity index (χ2v) is 5.44. The molecule has 0 radical (unpaired) electrons. The third-order valence-corrected chi connectivity index (χ3v) is 3.49. The lowest BCUT2D eigenvalue weighted by Gasteiger charge is -2.09. The van der Waals surface area contributed by atoms with Crippen LogP contribution >= 0.6 is 11.6 Å². The first kappa shape index (κ1) is 15.8. The maximum absolute atomic E-state index is 13.7. The summed E-state index contributed by atoms with van der Waals surface area (Å²) in [7, 11) is 0. The van der Waals surface area contributed by atoms with Crippen molar-refractivity contribution in [3.63, 3.8) is 0 Å². The maximum atomic E-state index is 13.7. The van der Waals surface area contributed by atoms with Crippen LogP contribution < -0.4 is 4.74 Å². The second-order valence-electron chi connectivity index (χ2n) is 5.03. The van der Waals surface area contributed by atoms with Crippen LogP contribution in [0.5, 0.6) is 5.75 Å². The van der Waals surface area contributed by atoms with E-state index in [1.165, 1.54) is 6.07 Å². The first-order valence-corrected chi connectivity index (χ1v) is 7.27. The molecule has 0 aliphatic rings. The van der Waals surface area contributed by atoms with E-state index < -0.39 is 5.82 Å². The molecule has 2 aromatic rings. The summed E-state index contributed by atoms with van der Waals surface area (Å²) in [6.07, 6.45) is 1.25. The number of aliphatic hydroxyl groups is 1.